The zero-order chi connectivity index (χ0) is 30.7. The van der Waals surface area contributed by atoms with Crippen LogP contribution in [0.3, 0.4) is 0 Å². The number of rotatable bonds is 8. The zero-order valence-corrected chi connectivity index (χ0v) is 26.2. The molecule has 0 N–H and O–H groups in total. The highest BCUT2D eigenvalue weighted by Gasteiger charge is 2.90. The fraction of sp³-hybridized carbons (Fsp3) is 0.286. The van der Waals surface area contributed by atoms with Gasteiger partial charge in [-0.15, -0.1) is 0 Å². The second-order valence-electron chi connectivity index (χ2n) is 12.6. The van der Waals surface area contributed by atoms with E-state index < -0.39 is 21.7 Å². The molecule has 0 spiro atoms. The lowest BCUT2D eigenvalue weighted by Gasteiger charge is -2.58. The number of ketones is 2. The molecule has 3 aliphatic carbocycles. The van der Waals surface area contributed by atoms with Gasteiger partial charge in [-0.05, 0) is 64.7 Å². The molecular weight excluding hydrogens is 536 g/mol. The molecule has 3 aliphatic rings. The van der Waals surface area contributed by atoms with Crippen molar-refractivity contribution in [3.8, 4) is 0 Å². The van der Waals surface area contributed by atoms with Crippen molar-refractivity contribution in [1.29, 1.82) is 0 Å². The van der Waals surface area contributed by atoms with Gasteiger partial charge in [0.1, 0.15) is 0 Å². The summed E-state index contributed by atoms with van der Waals surface area (Å²) in [5.41, 5.74) is 4.50. The molecule has 4 atom stereocenters. The molecule has 2 heteroatoms. The SMILES string of the molecule is CCC1=C(c2ccccc2)[C@]2(c3ccccc3)[C@@]3(CC)C(=O)[C@](CC)(C(c4ccccc4)=C3c3ccccc3)[C@]2(CC)C1=O. The third-order valence-corrected chi connectivity index (χ3v) is 11.6. The van der Waals surface area contributed by atoms with Gasteiger partial charge in [-0.25, -0.2) is 0 Å². The number of hydrogen-bond acceptors (Lipinski definition) is 2. The Labute approximate surface area is 261 Å². The van der Waals surface area contributed by atoms with Crippen molar-refractivity contribution in [2.24, 2.45) is 16.2 Å². The topological polar surface area (TPSA) is 34.1 Å². The molecule has 220 valence electrons. The molecule has 7 rings (SSSR count). The molecule has 0 aliphatic heterocycles. The number of carbonyl (C=O) groups is 2. The van der Waals surface area contributed by atoms with E-state index in [0.29, 0.717) is 25.7 Å². The van der Waals surface area contributed by atoms with E-state index in [1.165, 1.54) is 0 Å². The number of hydrogen-bond donors (Lipinski definition) is 0. The van der Waals surface area contributed by atoms with E-state index in [4.69, 9.17) is 0 Å². The van der Waals surface area contributed by atoms with Gasteiger partial charge in [0, 0.05) is 5.57 Å². The maximum absolute atomic E-state index is 16.1. The number of allylic oxidation sites excluding steroid dienone is 4. The normalized spacial score (nSPS) is 29.1. The molecule has 1 fully saturated rings. The van der Waals surface area contributed by atoms with Crippen LogP contribution in [0.25, 0.3) is 16.7 Å². The lowest BCUT2D eigenvalue weighted by Crippen LogP contribution is -2.58. The molecule has 0 heterocycles. The van der Waals surface area contributed by atoms with Crippen LogP contribution in [-0.2, 0) is 15.0 Å². The molecule has 0 saturated heterocycles. The Hall–Kier alpha value is -4.30. The van der Waals surface area contributed by atoms with Gasteiger partial charge in [-0.2, -0.15) is 0 Å². The monoisotopic (exact) mass is 576 g/mol. The summed E-state index contributed by atoms with van der Waals surface area (Å²) in [7, 11) is 0. The highest BCUT2D eigenvalue weighted by Crippen LogP contribution is 2.88. The minimum absolute atomic E-state index is 0.163. The maximum atomic E-state index is 16.1. The maximum Gasteiger partial charge on any atom is 0.167 e. The van der Waals surface area contributed by atoms with Crippen LogP contribution in [0, 0.1) is 16.2 Å². The molecule has 44 heavy (non-hydrogen) atoms. The Bertz CT molecular complexity index is 1820. The molecule has 1 saturated carbocycles. The van der Waals surface area contributed by atoms with Crippen LogP contribution in [0.2, 0.25) is 0 Å². The second kappa shape index (κ2) is 10.1. The number of benzene rings is 4. The highest BCUT2D eigenvalue weighted by molar-refractivity contribution is 6.34. The number of carbonyl (C=O) groups excluding carboxylic acids is 2. The summed E-state index contributed by atoms with van der Waals surface area (Å²) < 4.78 is 0. The second-order valence-corrected chi connectivity index (χ2v) is 12.6. The largest absolute Gasteiger partial charge is 0.298 e. The quantitative estimate of drug-likeness (QED) is 0.209. The first-order chi connectivity index (χ1) is 21.5. The minimum Gasteiger partial charge on any atom is -0.298 e. The predicted molar refractivity (Wildman–Crippen MR) is 180 cm³/mol. The lowest BCUT2D eigenvalue weighted by atomic mass is 9.41. The van der Waals surface area contributed by atoms with Crippen molar-refractivity contribution >= 4 is 28.3 Å². The van der Waals surface area contributed by atoms with Crippen molar-refractivity contribution in [2.75, 3.05) is 0 Å². The third kappa shape index (κ3) is 2.93. The van der Waals surface area contributed by atoms with Gasteiger partial charge in [0.25, 0.3) is 0 Å². The molecule has 0 unspecified atom stereocenters. The van der Waals surface area contributed by atoms with Gasteiger partial charge in [0.15, 0.2) is 11.6 Å². The summed E-state index contributed by atoms with van der Waals surface area (Å²) >= 11 is 0. The van der Waals surface area contributed by atoms with Crippen LogP contribution < -0.4 is 0 Å². The van der Waals surface area contributed by atoms with E-state index in [1.807, 2.05) is 24.3 Å². The van der Waals surface area contributed by atoms with Gasteiger partial charge in [0.2, 0.25) is 0 Å². The van der Waals surface area contributed by atoms with Gasteiger partial charge < -0.3 is 0 Å². The van der Waals surface area contributed by atoms with E-state index in [-0.39, 0.29) is 11.6 Å². The van der Waals surface area contributed by atoms with Crippen molar-refractivity contribution in [3.05, 3.63) is 149 Å². The average Bonchev–Trinajstić information content (AvgIpc) is 3.55. The van der Waals surface area contributed by atoms with Gasteiger partial charge in [-0.3, -0.25) is 9.59 Å². The van der Waals surface area contributed by atoms with Crippen LogP contribution >= 0.6 is 0 Å². The molecule has 0 radical (unpaired) electrons. The summed E-state index contributed by atoms with van der Waals surface area (Å²) in [6.07, 6.45) is 2.33. The smallest absolute Gasteiger partial charge is 0.167 e. The Morgan fingerprint density at radius 2 is 0.886 bits per heavy atom. The molecule has 4 aromatic rings. The van der Waals surface area contributed by atoms with Crippen LogP contribution in [0.1, 0.15) is 75.6 Å². The average molecular weight is 577 g/mol. The van der Waals surface area contributed by atoms with Crippen molar-refractivity contribution in [2.45, 2.75) is 58.8 Å². The van der Waals surface area contributed by atoms with Crippen LogP contribution in [-0.4, -0.2) is 11.6 Å². The zero-order valence-electron chi connectivity index (χ0n) is 26.2. The first-order valence-electron chi connectivity index (χ1n) is 16.3. The van der Waals surface area contributed by atoms with E-state index in [2.05, 4.69) is 125 Å². The van der Waals surface area contributed by atoms with E-state index in [0.717, 1.165) is 44.5 Å². The molecular formula is C42H40O2. The van der Waals surface area contributed by atoms with E-state index >= 15 is 9.59 Å². The molecule has 4 aromatic carbocycles. The molecule has 2 nitrogen and oxygen atoms in total. The van der Waals surface area contributed by atoms with E-state index in [1.54, 1.807) is 0 Å². The molecule has 0 amide bonds. The van der Waals surface area contributed by atoms with Crippen molar-refractivity contribution in [3.63, 3.8) is 0 Å². The summed E-state index contributed by atoms with van der Waals surface area (Å²) in [6.45, 7) is 8.61. The Balaban J connectivity index is 1.80. The van der Waals surface area contributed by atoms with Gasteiger partial charge in [-0.1, -0.05) is 149 Å². The van der Waals surface area contributed by atoms with E-state index in [9.17, 15) is 0 Å². The fourth-order valence-electron chi connectivity index (χ4n) is 10.5. The van der Waals surface area contributed by atoms with Crippen LogP contribution in [0.5, 0.6) is 0 Å². The Morgan fingerprint density at radius 3 is 1.30 bits per heavy atom. The summed E-state index contributed by atoms with van der Waals surface area (Å²) in [5.74, 6) is 0.381. The summed E-state index contributed by atoms with van der Waals surface area (Å²) in [6, 6.07) is 42.1. The first kappa shape index (κ1) is 28.5. The lowest BCUT2D eigenvalue weighted by molar-refractivity contribution is -0.137. The van der Waals surface area contributed by atoms with Gasteiger partial charge >= 0.3 is 0 Å². The molecule has 0 aromatic heterocycles. The molecule has 2 bridgehead atoms. The number of Topliss-reactive ketones (excluding diaryl/α,β-unsaturated/α-hetero) is 2. The first-order valence-corrected chi connectivity index (χ1v) is 16.3. The Kier molecular flexibility index (Phi) is 6.55. The van der Waals surface area contributed by atoms with Crippen molar-refractivity contribution in [1.82, 2.24) is 0 Å². The summed E-state index contributed by atoms with van der Waals surface area (Å²) in [5, 5.41) is 0. The minimum atomic E-state index is -1.01. The third-order valence-electron chi connectivity index (χ3n) is 11.6. The van der Waals surface area contributed by atoms with Gasteiger partial charge in [0.05, 0.1) is 21.7 Å². The Morgan fingerprint density at radius 1 is 0.477 bits per heavy atom. The van der Waals surface area contributed by atoms with Crippen molar-refractivity contribution < 1.29 is 9.59 Å². The standard InChI is InChI=1S/C42H40O2/c1-5-33-34(29-21-13-9-14-22-29)42(32-27-19-12-20-28-32)40(7-3)36(31-25-17-11-18-26-31)35(30-23-15-10-16-24-30)39(6-2,38(40)44)41(42,8-4)37(33)43/h9-28H,5-8H2,1-4H3/t39-,40+,41-,42+/m0/s1. The van der Waals surface area contributed by atoms with Crippen LogP contribution in [0.15, 0.2) is 127 Å². The fourth-order valence-corrected chi connectivity index (χ4v) is 10.5. The summed E-state index contributed by atoms with van der Waals surface area (Å²) in [4.78, 5) is 31.8. The number of fused-ring (bicyclic) bond motifs is 5. The van der Waals surface area contributed by atoms with Crippen LogP contribution in [0.4, 0.5) is 0 Å². The highest BCUT2D eigenvalue weighted by atomic mass is 16.1. The predicted octanol–water partition coefficient (Wildman–Crippen LogP) is 9.77.